The maximum atomic E-state index is 11.3. The molecule has 1 fully saturated rings. The Bertz CT molecular complexity index is 157. The standard InChI is InChI=1S/C7H14N2O2S/c1-5(10)2-8-7(11)6-3-12-4-9-6/h5-6,9-10H,2-4H2,1H3,(H,8,11)/t5-,6?/m0/s1. The minimum atomic E-state index is -0.469. The highest BCUT2D eigenvalue weighted by molar-refractivity contribution is 7.99. The lowest BCUT2D eigenvalue weighted by Gasteiger charge is -2.11. The molecule has 5 heteroatoms. The molecule has 0 aromatic carbocycles. The van der Waals surface area contributed by atoms with Crippen LogP contribution in [-0.2, 0) is 4.79 Å². The average molecular weight is 190 g/mol. The number of carbonyl (C=O) groups excluding carboxylic acids is 1. The molecule has 4 nitrogen and oxygen atoms in total. The van der Waals surface area contributed by atoms with E-state index >= 15 is 0 Å². The van der Waals surface area contributed by atoms with E-state index in [0.717, 1.165) is 11.6 Å². The summed E-state index contributed by atoms with van der Waals surface area (Å²) in [4.78, 5) is 11.3. The molecule has 0 aromatic rings. The summed E-state index contributed by atoms with van der Waals surface area (Å²) in [5, 5.41) is 14.6. The first-order valence-electron chi connectivity index (χ1n) is 3.97. The molecule has 1 saturated heterocycles. The van der Waals surface area contributed by atoms with Crippen LogP contribution in [0.25, 0.3) is 0 Å². The maximum absolute atomic E-state index is 11.3. The van der Waals surface area contributed by atoms with Crippen LogP contribution in [0, 0.1) is 0 Å². The van der Waals surface area contributed by atoms with Crippen molar-refractivity contribution in [3.8, 4) is 0 Å². The van der Waals surface area contributed by atoms with E-state index in [1.807, 2.05) is 0 Å². The van der Waals surface area contributed by atoms with Crippen LogP contribution in [0.3, 0.4) is 0 Å². The van der Waals surface area contributed by atoms with Crippen LogP contribution in [0.5, 0.6) is 0 Å². The first-order chi connectivity index (χ1) is 5.70. The number of nitrogens with one attached hydrogen (secondary N) is 2. The fourth-order valence-corrected chi connectivity index (χ4v) is 1.88. The number of hydrogen-bond acceptors (Lipinski definition) is 4. The molecular weight excluding hydrogens is 176 g/mol. The van der Waals surface area contributed by atoms with Crippen LogP contribution in [0.4, 0.5) is 0 Å². The van der Waals surface area contributed by atoms with Gasteiger partial charge in [0, 0.05) is 18.2 Å². The molecule has 2 atom stereocenters. The molecule has 0 aromatic heterocycles. The third kappa shape index (κ3) is 3.00. The van der Waals surface area contributed by atoms with Crippen molar-refractivity contribution in [2.24, 2.45) is 0 Å². The van der Waals surface area contributed by atoms with Crippen LogP contribution in [-0.4, -0.2) is 41.3 Å². The molecule has 3 N–H and O–H groups in total. The highest BCUT2D eigenvalue weighted by Gasteiger charge is 2.21. The zero-order valence-electron chi connectivity index (χ0n) is 7.04. The van der Waals surface area contributed by atoms with E-state index in [2.05, 4.69) is 10.6 Å². The minimum absolute atomic E-state index is 0.0131. The molecule has 1 rings (SSSR count). The lowest BCUT2D eigenvalue weighted by atomic mass is 10.3. The molecule has 0 radical (unpaired) electrons. The van der Waals surface area contributed by atoms with Gasteiger partial charge in [0.1, 0.15) is 0 Å². The normalized spacial score (nSPS) is 25.3. The van der Waals surface area contributed by atoms with E-state index in [1.165, 1.54) is 0 Å². The Morgan fingerprint density at radius 2 is 2.67 bits per heavy atom. The minimum Gasteiger partial charge on any atom is -0.392 e. The summed E-state index contributed by atoms with van der Waals surface area (Å²) in [7, 11) is 0. The zero-order chi connectivity index (χ0) is 8.97. The number of aliphatic hydroxyl groups is 1. The van der Waals surface area contributed by atoms with Crippen molar-refractivity contribution in [1.82, 2.24) is 10.6 Å². The number of amides is 1. The van der Waals surface area contributed by atoms with E-state index < -0.39 is 6.10 Å². The molecule has 70 valence electrons. The van der Waals surface area contributed by atoms with E-state index in [4.69, 9.17) is 5.11 Å². The second-order valence-electron chi connectivity index (χ2n) is 2.87. The van der Waals surface area contributed by atoms with Gasteiger partial charge >= 0.3 is 0 Å². The summed E-state index contributed by atoms with van der Waals surface area (Å²) in [6.07, 6.45) is -0.469. The molecular formula is C7H14N2O2S. The van der Waals surface area contributed by atoms with Gasteiger partial charge < -0.3 is 10.4 Å². The second-order valence-corrected chi connectivity index (χ2v) is 3.90. The van der Waals surface area contributed by atoms with Crippen LogP contribution in [0.1, 0.15) is 6.92 Å². The number of aliphatic hydroxyl groups excluding tert-OH is 1. The third-order valence-corrected chi connectivity index (χ3v) is 2.54. The van der Waals surface area contributed by atoms with Crippen molar-refractivity contribution in [3.63, 3.8) is 0 Å². The molecule has 12 heavy (non-hydrogen) atoms. The van der Waals surface area contributed by atoms with Gasteiger partial charge in [0.15, 0.2) is 0 Å². The number of thioether (sulfide) groups is 1. The van der Waals surface area contributed by atoms with Crippen LogP contribution >= 0.6 is 11.8 Å². The fourth-order valence-electron chi connectivity index (χ4n) is 0.935. The van der Waals surface area contributed by atoms with E-state index in [0.29, 0.717) is 6.54 Å². The lowest BCUT2D eigenvalue weighted by molar-refractivity contribution is -0.122. The zero-order valence-corrected chi connectivity index (χ0v) is 7.86. The van der Waals surface area contributed by atoms with E-state index in [1.54, 1.807) is 18.7 Å². The van der Waals surface area contributed by atoms with Crippen molar-refractivity contribution in [2.75, 3.05) is 18.2 Å². The second kappa shape index (κ2) is 4.69. The van der Waals surface area contributed by atoms with E-state index in [9.17, 15) is 4.79 Å². The molecule has 0 saturated carbocycles. The Hall–Kier alpha value is -0.260. The summed E-state index contributed by atoms with van der Waals surface area (Å²) in [6.45, 7) is 1.98. The monoisotopic (exact) mass is 190 g/mol. The molecule has 1 heterocycles. The molecule has 0 bridgehead atoms. The smallest absolute Gasteiger partial charge is 0.238 e. The number of carbonyl (C=O) groups is 1. The summed E-state index contributed by atoms with van der Waals surface area (Å²) in [5.74, 6) is 1.65. The topological polar surface area (TPSA) is 61.4 Å². The highest BCUT2D eigenvalue weighted by Crippen LogP contribution is 2.08. The van der Waals surface area contributed by atoms with Crippen molar-refractivity contribution >= 4 is 17.7 Å². The van der Waals surface area contributed by atoms with Crippen LogP contribution < -0.4 is 10.6 Å². The van der Waals surface area contributed by atoms with Gasteiger partial charge in [0.25, 0.3) is 0 Å². The van der Waals surface area contributed by atoms with Gasteiger partial charge in [-0.3, -0.25) is 10.1 Å². The fraction of sp³-hybridized carbons (Fsp3) is 0.857. The number of hydrogen-bond donors (Lipinski definition) is 3. The lowest BCUT2D eigenvalue weighted by Crippen LogP contribution is -2.44. The quantitative estimate of drug-likeness (QED) is 0.542. The van der Waals surface area contributed by atoms with Gasteiger partial charge in [-0.25, -0.2) is 0 Å². The Morgan fingerprint density at radius 3 is 3.17 bits per heavy atom. The van der Waals surface area contributed by atoms with Gasteiger partial charge in [-0.1, -0.05) is 0 Å². The van der Waals surface area contributed by atoms with Gasteiger partial charge in [-0.15, -0.1) is 11.8 Å². The van der Waals surface area contributed by atoms with Gasteiger partial charge in [0.05, 0.1) is 12.1 Å². The Kier molecular flexibility index (Phi) is 3.84. The van der Waals surface area contributed by atoms with Crippen molar-refractivity contribution in [3.05, 3.63) is 0 Å². The third-order valence-electron chi connectivity index (χ3n) is 1.60. The van der Waals surface area contributed by atoms with Gasteiger partial charge in [-0.2, -0.15) is 0 Å². The SMILES string of the molecule is C[C@H](O)CNC(=O)C1CSCN1. The van der Waals surface area contributed by atoms with E-state index in [-0.39, 0.29) is 11.9 Å². The summed E-state index contributed by atoms with van der Waals surface area (Å²) in [5.41, 5.74) is 0. The van der Waals surface area contributed by atoms with Crippen LogP contribution in [0.15, 0.2) is 0 Å². The summed E-state index contributed by atoms with van der Waals surface area (Å²) in [6, 6.07) is -0.0752. The first kappa shape index (κ1) is 9.83. The molecule has 0 spiro atoms. The summed E-state index contributed by atoms with van der Waals surface area (Å²) < 4.78 is 0. The predicted octanol–water partition coefficient (Wildman–Crippen LogP) is -0.854. The Balaban J connectivity index is 2.18. The average Bonchev–Trinajstić information content (AvgIpc) is 2.51. The Labute approximate surface area is 76.1 Å². The maximum Gasteiger partial charge on any atom is 0.238 e. The first-order valence-corrected chi connectivity index (χ1v) is 5.12. The summed E-state index contributed by atoms with van der Waals surface area (Å²) >= 11 is 1.71. The number of rotatable bonds is 3. The van der Waals surface area contributed by atoms with Crippen LogP contribution in [0.2, 0.25) is 0 Å². The predicted molar refractivity (Wildman–Crippen MR) is 48.9 cm³/mol. The molecule has 1 unspecified atom stereocenters. The molecule has 1 aliphatic rings. The largest absolute Gasteiger partial charge is 0.392 e. The molecule has 1 aliphatic heterocycles. The highest BCUT2D eigenvalue weighted by atomic mass is 32.2. The Morgan fingerprint density at radius 1 is 1.92 bits per heavy atom. The van der Waals surface area contributed by atoms with Gasteiger partial charge in [-0.05, 0) is 6.92 Å². The van der Waals surface area contributed by atoms with Crippen molar-refractivity contribution < 1.29 is 9.90 Å². The molecule has 1 amide bonds. The van der Waals surface area contributed by atoms with Crippen molar-refractivity contribution in [2.45, 2.75) is 19.1 Å². The molecule has 0 aliphatic carbocycles. The van der Waals surface area contributed by atoms with Crippen molar-refractivity contribution in [1.29, 1.82) is 0 Å². The van der Waals surface area contributed by atoms with Gasteiger partial charge in [0.2, 0.25) is 5.91 Å².